The summed E-state index contributed by atoms with van der Waals surface area (Å²) in [5.74, 6) is -0.481. The Labute approximate surface area is 70.8 Å². The van der Waals surface area contributed by atoms with Crippen LogP contribution in [0.1, 0.15) is 24.1 Å². The topological polar surface area (TPSA) is 46.2 Å². The number of rotatable bonds is 1. The van der Waals surface area contributed by atoms with Gasteiger partial charge in [-0.1, -0.05) is 0 Å². The second kappa shape index (κ2) is 3.11. The highest BCUT2D eigenvalue weighted by Gasteiger charge is 2.08. The fourth-order valence-corrected chi connectivity index (χ4v) is 1.06. The van der Waals surface area contributed by atoms with E-state index in [1.165, 1.54) is 0 Å². The monoisotopic (exact) mass is 169 g/mol. The van der Waals surface area contributed by atoms with Crippen LogP contribution in [-0.4, -0.2) is 5.11 Å². The zero-order chi connectivity index (χ0) is 9.30. The van der Waals surface area contributed by atoms with Crippen LogP contribution in [0, 0.1) is 12.7 Å². The van der Waals surface area contributed by atoms with Gasteiger partial charge in [-0.3, -0.25) is 0 Å². The first kappa shape index (κ1) is 9.00. The van der Waals surface area contributed by atoms with E-state index in [1.54, 1.807) is 19.9 Å². The van der Waals surface area contributed by atoms with E-state index in [2.05, 4.69) is 0 Å². The average molecular weight is 169 g/mol. The number of aromatic hydroxyl groups is 1. The maximum absolute atomic E-state index is 12.8. The Morgan fingerprint density at radius 2 is 2.08 bits per heavy atom. The van der Waals surface area contributed by atoms with Gasteiger partial charge in [-0.25, -0.2) is 4.39 Å². The summed E-state index contributed by atoms with van der Waals surface area (Å²) in [6, 6.07) is 2.38. The summed E-state index contributed by atoms with van der Waals surface area (Å²) in [6.45, 7) is 3.38. The lowest BCUT2D eigenvalue weighted by atomic mass is 10.0. The first-order valence-electron chi connectivity index (χ1n) is 3.77. The third kappa shape index (κ3) is 1.56. The van der Waals surface area contributed by atoms with Crippen molar-refractivity contribution in [2.75, 3.05) is 0 Å². The van der Waals surface area contributed by atoms with Crippen molar-refractivity contribution in [2.45, 2.75) is 19.9 Å². The quantitative estimate of drug-likeness (QED) is 0.674. The minimum atomic E-state index is -0.406. The van der Waals surface area contributed by atoms with Crippen molar-refractivity contribution in [1.29, 1.82) is 0 Å². The molecule has 0 aliphatic carbocycles. The molecule has 3 heteroatoms. The highest BCUT2D eigenvalue weighted by atomic mass is 19.1. The molecule has 0 fully saturated rings. The number of hydrogen-bond acceptors (Lipinski definition) is 2. The second-order valence-corrected chi connectivity index (χ2v) is 2.95. The highest BCUT2D eigenvalue weighted by Crippen LogP contribution is 2.25. The molecule has 2 nitrogen and oxygen atoms in total. The van der Waals surface area contributed by atoms with Gasteiger partial charge in [0.25, 0.3) is 0 Å². The molecule has 0 radical (unpaired) electrons. The molecule has 0 aromatic heterocycles. The minimum absolute atomic E-state index is 0.0758. The largest absolute Gasteiger partial charge is 0.508 e. The molecular formula is C9H12FNO. The van der Waals surface area contributed by atoms with Crippen LogP contribution in [0.2, 0.25) is 0 Å². The maximum Gasteiger partial charge on any atom is 0.129 e. The Hall–Kier alpha value is -1.09. The summed E-state index contributed by atoms with van der Waals surface area (Å²) in [5.41, 5.74) is 6.63. The van der Waals surface area contributed by atoms with Crippen molar-refractivity contribution in [2.24, 2.45) is 5.73 Å². The molecule has 0 bridgehead atoms. The number of halogens is 1. The van der Waals surface area contributed by atoms with Crippen molar-refractivity contribution >= 4 is 0 Å². The summed E-state index contributed by atoms with van der Waals surface area (Å²) in [6.07, 6.45) is 0. The first-order valence-corrected chi connectivity index (χ1v) is 3.77. The van der Waals surface area contributed by atoms with Gasteiger partial charge < -0.3 is 10.8 Å². The van der Waals surface area contributed by atoms with Crippen molar-refractivity contribution in [3.05, 3.63) is 29.1 Å². The Bertz CT molecular complexity index is 297. The Balaban J connectivity index is 3.23. The van der Waals surface area contributed by atoms with Gasteiger partial charge >= 0.3 is 0 Å². The van der Waals surface area contributed by atoms with Crippen LogP contribution in [0.4, 0.5) is 4.39 Å². The maximum atomic E-state index is 12.8. The summed E-state index contributed by atoms with van der Waals surface area (Å²) < 4.78 is 12.8. The molecular weight excluding hydrogens is 157 g/mol. The molecule has 3 N–H and O–H groups in total. The van der Waals surface area contributed by atoms with Gasteiger partial charge in [-0.2, -0.15) is 0 Å². The molecule has 1 aromatic rings. The van der Waals surface area contributed by atoms with E-state index in [0.29, 0.717) is 11.1 Å². The standard InChI is InChI=1S/C9H12FNO/c1-5-3-7(6(2)11)9(12)4-8(5)10/h3-4,6,12H,11H2,1-2H3/t6-/m1/s1. The third-order valence-electron chi connectivity index (χ3n) is 1.80. The van der Waals surface area contributed by atoms with E-state index >= 15 is 0 Å². The predicted molar refractivity (Wildman–Crippen MR) is 45.4 cm³/mol. The van der Waals surface area contributed by atoms with Gasteiger partial charge in [-0.15, -0.1) is 0 Å². The predicted octanol–water partition coefficient (Wildman–Crippen LogP) is 1.86. The van der Waals surface area contributed by atoms with Gasteiger partial charge in [0.15, 0.2) is 0 Å². The lowest BCUT2D eigenvalue weighted by Gasteiger charge is -2.09. The van der Waals surface area contributed by atoms with Crippen molar-refractivity contribution < 1.29 is 9.50 Å². The fraction of sp³-hybridized carbons (Fsp3) is 0.333. The molecule has 0 spiro atoms. The molecule has 0 aliphatic heterocycles. The lowest BCUT2D eigenvalue weighted by molar-refractivity contribution is 0.456. The minimum Gasteiger partial charge on any atom is -0.508 e. The Morgan fingerprint density at radius 1 is 1.50 bits per heavy atom. The molecule has 0 unspecified atom stereocenters. The zero-order valence-corrected chi connectivity index (χ0v) is 7.13. The van der Waals surface area contributed by atoms with E-state index in [9.17, 15) is 9.50 Å². The van der Waals surface area contributed by atoms with Crippen LogP contribution in [-0.2, 0) is 0 Å². The van der Waals surface area contributed by atoms with E-state index in [1.807, 2.05) is 0 Å². The van der Waals surface area contributed by atoms with Gasteiger partial charge in [0.2, 0.25) is 0 Å². The van der Waals surface area contributed by atoms with Crippen LogP contribution in [0.5, 0.6) is 5.75 Å². The van der Waals surface area contributed by atoms with E-state index in [0.717, 1.165) is 6.07 Å². The molecule has 1 atom stereocenters. The molecule has 0 aliphatic rings. The van der Waals surface area contributed by atoms with Crippen molar-refractivity contribution in [3.63, 3.8) is 0 Å². The number of aryl methyl sites for hydroxylation is 1. The SMILES string of the molecule is Cc1cc([C@@H](C)N)c(O)cc1F. The summed E-state index contributed by atoms with van der Waals surface area (Å²) >= 11 is 0. The molecule has 0 amide bonds. The molecule has 1 aromatic carbocycles. The molecule has 0 saturated carbocycles. The van der Waals surface area contributed by atoms with Gasteiger partial charge in [0, 0.05) is 17.7 Å². The van der Waals surface area contributed by atoms with Crippen LogP contribution >= 0.6 is 0 Å². The first-order chi connectivity index (χ1) is 5.52. The van der Waals surface area contributed by atoms with E-state index < -0.39 is 5.82 Å². The summed E-state index contributed by atoms with van der Waals surface area (Å²) in [5, 5.41) is 9.27. The Kier molecular flexibility index (Phi) is 2.33. The summed E-state index contributed by atoms with van der Waals surface area (Å²) in [4.78, 5) is 0. The zero-order valence-electron chi connectivity index (χ0n) is 7.13. The number of phenols is 1. The average Bonchev–Trinajstić information content (AvgIpc) is 1.96. The molecule has 1 rings (SSSR count). The third-order valence-corrected chi connectivity index (χ3v) is 1.80. The van der Waals surface area contributed by atoms with Gasteiger partial charge in [0.05, 0.1) is 0 Å². The van der Waals surface area contributed by atoms with Crippen LogP contribution in [0.15, 0.2) is 12.1 Å². The van der Waals surface area contributed by atoms with Crippen molar-refractivity contribution in [1.82, 2.24) is 0 Å². The fourth-order valence-electron chi connectivity index (χ4n) is 1.06. The normalized spacial score (nSPS) is 13.0. The van der Waals surface area contributed by atoms with E-state index in [-0.39, 0.29) is 11.8 Å². The second-order valence-electron chi connectivity index (χ2n) is 2.95. The van der Waals surface area contributed by atoms with Crippen LogP contribution in [0.25, 0.3) is 0 Å². The number of benzene rings is 1. The smallest absolute Gasteiger partial charge is 0.129 e. The highest BCUT2D eigenvalue weighted by molar-refractivity contribution is 5.38. The number of hydrogen-bond donors (Lipinski definition) is 2. The Morgan fingerprint density at radius 3 is 2.58 bits per heavy atom. The molecule has 0 heterocycles. The molecule has 0 saturated heterocycles. The number of nitrogens with two attached hydrogens (primary N) is 1. The van der Waals surface area contributed by atoms with E-state index in [4.69, 9.17) is 5.73 Å². The molecule has 12 heavy (non-hydrogen) atoms. The van der Waals surface area contributed by atoms with Gasteiger partial charge in [-0.05, 0) is 25.5 Å². The lowest BCUT2D eigenvalue weighted by Crippen LogP contribution is -2.05. The van der Waals surface area contributed by atoms with Crippen LogP contribution in [0.3, 0.4) is 0 Å². The van der Waals surface area contributed by atoms with Gasteiger partial charge in [0.1, 0.15) is 11.6 Å². The van der Waals surface area contributed by atoms with Crippen LogP contribution < -0.4 is 5.73 Å². The summed E-state index contributed by atoms with van der Waals surface area (Å²) in [7, 11) is 0. The molecule has 66 valence electrons. The number of phenolic OH excluding ortho intramolecular Hbond substituents is 1. The van der Waals surface area contributed by atoms with Crippen molar-refractivity contribution in [3.8, 4) is 5.75 Å².